The van der Waals surface area contributed by atoms with E-state index in [-0.39, 0.29) is 12.5 Å². The van der Waals surface area contributed by atoms with Crippen molar-refractivity contribution >= 4 is 33.0 Å². The van der Waals surface area contributed by atoms with Crippen molar-refractivity contribution < 1.29 is 9.90 Å². The molecular formula is C12H14N2O2S. The Kier molecular flexibility index (Phi) is 3.31. The number of aliphatic hydroxyl groups is 1. The van der Waals surface area contributed by atoms with Crippen molar-refractivity contribution in [1.29, 1.82) is 0 Å². The van der Waals surface area contributed by atoms with Gasteiger partial charge in [-0.15, -0.1) is 11.3 Å². The monoisotopic (exact) mass is 250 g/mol. The van der Waals surface area contributed by atoms with Crippen LogP contribution in [0.5, 0.6) is 0 Å². The number of hydrogen-bond acceptors (Lipinski definition) is 4. The van der Waals surface area contributed by atoms with Crippen LogP contribution in [0.25, 0.3) is 10.1 Å². The smallest absolute Gasteiger partial charge is 0.263 e. The number of hydrogen-bond donors (Lipinski definition) is 2. The van der Waals surface area contributed by atoms with Crippen LogP contribution in [-0.2, 0) is 0 Å². The summed E-state index contributed by atoms with van der Waals surface area (Å²) in [4.78, 5) is 14.2. The summed E-state index contributed by atoms with van der Waals surface area (Å²) in [6.45, 7) is 0.315. The van der Waals surface area contributed by atoms with Crippen molar-refractivity contribution in [3.05, 3.63) is 29.1 Å². The van der Waals surface area contributed by atoms with Crippen LogP contribution in [0.4, 0.5) is 5.69 Å². The first-order chi connectivity index (χ1) is 8.11. The van der Waals surface area contributed by atoms with Crippen molar-refractivity contribution in [1.82, 2.24) is 4.90 Å². The van der Waals surface area contributed by atoms with Gasteiger partial charge in [0.05, 0.1) is 11.5 Å². The molecule has 0 atom stereocenters. The Hall–Kier alpha value is -1.59. The van der Waals surface area contributed by atoms with Gasteiger partial charge >= 0.3 is 0 Å². The molecule has 0 fully saturated rings. The molecule has 0 unspecified atom stereocenters. The number of fused-ring (bicyclic) bond motifs is 1. The first-order valence-corrected chi connectivity index (χ1v) is 6.09. The number of thiophene rings is 1. The topological polar surface area (TPSA) is 66.6 Å². The van der Waals surface area contributed by atoms with Gasteiger partial charge in [-0.3, -0.25) is 4.79 Å². The highest BCUT2D eigenvalue weighted by Gasteiger charge is 2.14. The summed E-state index contributed by atoms with van der Waals surface area (Å²) < 4.78 is 1.04. The average molecular weight is 250 g/mol. The first kappa shape index (κ1) is 11.9. The van der Waals surface area contributed by atoms with Crippen molar-refractivity contribution in [2.45, 2.75) is 0 Å². The molecule has 1 aromatic carbocycles. The molecule has 1 heterocycles. The molecule has 0 aliphatic heterocycles. The number of nitrogen functional groups attached to an aromatic ring is 1. The molecule has 17 heavy (non-hydrogen) atoms. The zero-order valence-electron chi connectivity index (χ0n) is 9.51. The lowest BCUT2D eigenvalue weighted by atomic mass is 10.2. The van der Waals surface area contributed by atoms with Crippen LogP contribution in [-0.4, -0.2) is 36.1 Å². The summed E-state index contributed by atoms with van der Waals surface area (Å²) in [5, 5.41) is 9.78. The fraction of sp³-hybridized carbons (Fsp3) is 0.250. The van der Waals surface area contributed by atoms with Crippen molar-refractivity contribution in [2.24, 2.45) is 0 Å². The van der Waals surface area contributed by atoms with Gasteiger partial charge in [-0.1, -0.05) is 0 Å². The number of amides is 1. The van der Waals surface area contributed by atoms with Gasteiger partial charge in [-0.2, -0.15) is 0 Å². The van der Waals surface area contributed by atoms with E-state index in [2.05, 4.69) is 0 Å². The minimum absolute atomic E-state index is 0.0277. The Bertz CT molecular complexity index is 550. The third kappa shape index (κ3) is 2.40. The van der Waals surface area contributed by atoms with E-state index in [9.17, 15) is 4.79 Å². The van der Waals surface area contributed by atoms with Gasteiger partial charge in [0, 0.05) is 24.0 Å². The van der Waals surface area contributed by atoms with Gasteiger partial charge in [0.15, 0.2) is 0 Å². The number of anilines is 1. The van der Waals surface area contributed by atoms with Crippen LogP contribution in [0.15, 0.2) is 24.3 Å². The third-order valence-corrected chi connectivity index (χ3v) is 3.64. The maximum atomic E-state index is 12.0. The third-order valence-electron chi connectivity index (χ3n) is 2.53. The lowest BCUT2D eigenvalue weighted by Crippen LogP contribution is -2.28. The van der Waals surface area contributed by atoms with Gasteiger partial charge in [-0.25, -0.2) is 0 Å². The minimum Gasteiger partial charge on any atom is -0.399 e. The molecule has 1 aromatic heterocycles. The van der Waals surface area contributed by atoms with Gasteiger partial charge in [0.1, 0.15) is 0 Å². The van der Waals surface area contributed by atoms with Crippen molar-refractivity contribution in [2.75, 3.05) is 25.9 Å². The van der Waals surface area contributed by atoms with Crippen molar-refractivity contribution in [3.63, 3.8) is 0 Å². The summed E-state index contributed by atoms with van der Waals surface area (Å²) in [5.74, 6) is -0.0705. The lowest BCUT2D eigenvalue weighted by molar-refractivity contribution is 0.0772. The molecule has 0 spiro atoms. The number of aliphatic hydroxyl groups excluding tert-OH is 1. The second kappa shape index (κ2) is 4.73. The molecule has 0 aliphatic rings. The number of nitrogens with zero attached hydrogens (tertiary/aromatic N) is 1. The van der Waals surface area contributed by atoms with E-state index < -0.39 is 0 Å². The summed E-state index contributed by atoms with van der Waals surface area (Å²) in [6, 6.07) is 7.43. The quantitative estimate of drug-likeness (QED) is 0.812. The number of rotatable bonds is 3. The fourth-order valence-electron chi connectivity index (χ4n) is 1.61. The van der Waals surface area contributed by atoms with E-state index in [1.54, 1.807) is 7.05 Å². The standard InChI is InChI=1S/C12H14N2O2S/c1-14(4-5-15)12(16)11-7-8-6-9(13)2-3-10(8)17-11/h2-3,6-7,15H,4-5,13H2,1H3. The van der Waals surface area contributed by atoms with Crippen molar-refractivity contribution in [3.8, 4) is 0 Å². The Balaban J connectivity index is 2.33. The number of carbonyl (C=O) groups excluding carboxylic acids is 1. The highest BCUT2D eigenvalue weighted by Crippen LogP contribution is 2.27. The van der Waals surface area contributed by atoms with E-state index in [4.69, 9.17) is 10.8 Å². The number of nitrogens with two attached hydrogens (primary N) is 1. The summed E-state index contributed by atoms with van der Waals surface area (Å²) >= 11 is 1.44. The van der Waals surface area contributed by atoms with Crippen LogP contribution in [0.1, 0.15) is 9.67 Å². The summed E-state index contributed by atoms with van der Waals surface area (Å²) in [7, 11) is 1.68. The van der Waals surface area contributed by atoms with E-state index in [1.165, 1.54) is 16.2 Å². The molecule has 90 valence electrons. The molecule has 0 saturated heterocycles. The van der Waals surface area contributed by atoms with E-state index in [0.717, 1.165) is 10.1 Å². The average Bonchev–Trinajstić information content (AvgIpc) is 2.71. The van der Waals surface area contributed by atoms with Crippen LogP contribution in [0.3, 0.4) is 0 Å². The molecule has 5 heteroatoms. The van der Waals surface area contributed by atoms with E-state index in [0.29, 0.717) is 17.1 Å². The summed E-state index contributed by atoms with van der Waals surface area (Å²) in [6.07, 6.45) is 0. The van der Waals surface area contributed by atoms with Gasteiger partial charge in [0.25, 0.3) is 5.91 Å². The number of benzene rings is 1. The van der Waals surface area contributed by atoms with E-state index >= 15 is 0 Å². The highest BCUT2D eigenvalue weighted by atomic mass is 32.1. The Morgan fingerprint density at radius 2 is 2.24 bits per heavy atom. The molecule has 0 bridgehead atoms. The lowest BCUT2D eigenvalue weighted by Gasteiger charge is -2.13. The highest BCUT2D eigenvalue weighted by molar-refractivity contribution is 7.20. The maximum absolute atomic E-state index is 12.0. The molecule has 1 amide bonds. The minimum atomic E-state index is -0.0705. The predicted molar refractivity (Wildman–Crippen MR) is 70.3 cm³/mol. The first-order valence-electron chi connectivity index (χ1n) is 5.27. The van der Waals surface area contributed by atoms with Crippen LogP contribution in [0, 0.1) is 0 Å². The molecule has 3 N–H and O–H groups in total. The predicted octanol–water partition coefficient (Wildman–Crippen LogP) is 1.55. The second-order valence-electron chi connectivity index (χ2n) is 3.86. The van der Waals surface area contributed by atoms with Gasteiger partial charge < -0.3 is 15.7 Å². The normalized spacial score (nSPS) is 10.7. The van der Waals surface area contributed by atoms with Crippen LogP contribution >= 0.6 is 11.3 Å². The molecule has 0 aliphatic carbocycles. The summed E-state index contributed by atoms with van der Waals surface area (Å²) in [5.41, 5.74) is 6.39. The van der Waals surface area contributed by atoms with Gasteiger partial charge in [-0.05, 0) is 29.7 Å². The fourth-order valence-corrected chi connectivity index (χ4v) is 2.64. The second-order valence-corrected chi connectivity index (χ2v) is 4.94. The molecular weight excluding hydrogens is 236 g/mol. The maximum Gasteiger partial charge on any atom is 0.263 e. The van der Waals surface area contributed by atoms with Crippen LogP contribution < -0.4 is 5.73 Å². The number of likely N-dealkylation sites (N-methyl/N-ethyl adjacent to an activating group) is 1. The molecule has 0 saturated carbocycles. The largest absolute Gasteiger partial charge is 0.399 e. The SMILES string of the molecule is CN(CCO)C(=O)c1cc2cc(N)ccc2s1. The Morgan fingerprint density at radius 1 is 1.47 bits per heavy atom. The van der Waals surface area contributed by atoms with Gasteiger partial charge in [0.2, 0.25) is 0 Å². The zero-order valence-corrected chi connectivity index (χ0v) is 10.3. The molecule has 2 rings (SSSR count). The molecule has 0 radical (unpaired) electrons. The zero-order chi connectivity index (χ0) is 12.4. The Morgan fingerprint density at radius 3 is 2.94 bits per heavy atom. The molecule has 4 nitrogen and oxygen atoms in total. The van der Waals surface area contributed by atoms with E-state index in [1.807, 2.05) is 24.3 Å². The Labute approximate surface area is 103 Å². The van der Waals surface area contributed by atoms with Crippen LogP contribution in [0.2, 0.25) is 0 Å². The molecule has 2 aromatic rings. The number of carbonyl (C=O) groups is 1.